The van der Waals surface area contributed by atoms with E-state index >= 15 is 0 Å². The van der Waals surface area contributed by atoms with Crippen LogP contribution in [0.1, 0.15) is 34.2 Å². The molecule has 3 amide bonds. The lowest BCUT2D eigenvalue weighted by atomic mass is 10.3. The molecular weight excluding hydrogens is 400 g/mol. The van der Waals surface area contributed by atoms with Crippen LogP contribution in [0, 0.1) is 0 Å². The Balaban J connectivity index is 1.60. The van der Waals surface area contributed by atoms with E-state index in [1.165, 1.54) is 36.5 Å². The van der Waals surface area contributed by atoms with Crippen LogP contribution in [0.5, 0.6) is 0 Å². The van der Waals surface area contributed by atoms with Crippen LogP contribution in [0.2, 0.25) is 0 Å². The molecule has 0 bridgehead atoms. The maximum atomic E-state index is 12.4. The summed E-state index contributed by atoms with van der Waals surface area (Å²) in [5.74, 6) is 0.670. The predicted molar refractivity (Wildman–Crippen MR) is 107 cm³/mol. The van der Waals surface area contributed by atoms with Gasteiger partial charge in [-0.05, 0) is 24.3 Å². The van der Waals surface area contributed by atoms with Crippen LogP contribution >= 0.6 is 22.7 Å². The van der Waals surface area contributed by atoms with Crippen LogP contribution in [-0.4, -0.2) is 22.7 Å². The molecule has 0 spiro atoms. The minimum Gasteiger partial charge on any atom is -0.458 e. The van der Waals surface area contributed by atoms with E-state index in [2.05, 4.69) is 20.9 Å². The quantitative estimate of drug-likeness (QED) is 0.546. The van der Waals surface area contributed by atoms with Crippen molar-refractivity contribution in [3.63, 3.8) is 0 Å². The summed E-state index contributed by atoms with van der Waals surface area (Å²) in [5, 5.41) is 10.4. The zero-order valence-electron chi connectivity index (χ0n) is 15.2. The summed E-state index contributed by atoms with van der Waals surface area (Å²) in [5.41, 5.74) is 0.604. The van der Waals surface area contributed by atoms with Crippen molar-refractivity contribution >= 4 is 45.5 Å². The Morgan fingerprint density at radius 1 is 1.04 bits per heavy atom. The molecule has 28 heavy (non-hydrogen) atoms. The topological polar surface area (TPSA) is 113 Å². The summed E-state index contributed by atoms with van der Waals surface area (Å²) in [4.78, 5) is 40.1. The van der Waals surface area contributed by atoms with Gasteiger partial charge in [-0.3, -0.25) is 19.7 Å². The second-order valence-corrected chi connectivity index (χ2v) is 7.87. The number of amides is 3. The molecule has 3 rings (SSSR count). The molecule has 10 heteroatoms. The van der Waals surface area contributed by atoms with Gasteiger partial charge in [0.1, 0.15) is 11.5 Å². The van der Waals surface area contributed by atoms with Crippen molar-refractivity contribution in [2.45, 2.75) is 26.9 Å². The number of aromatic nitrogens is 1. The van der Waals surface area contributed by atoms with Gasteiger partial charge in [-0.2, -0.15) is 0 Å². The number of furan rings is 1. The molecule has 0 aliphatic heterocycles. The smallest absolute Gasteiger partial charge is 0.267 e. The van der Waals surface area contributed by atoms with Gasteiger partial charge in [-0.1, -0.05) is 0 Å². The van der Waals surface area contributed by atoms with Gasteiger partial charge in [0.15, 0.2) is 10.9 Å². The van der Waals surface area contributed by atoms with E-state index in [1.54, 1.807) is 23.6 Å². The molecule has 0 saturated carbocycles. The van der Waals surface area contributed by atoms with Crippen molar-refractivity contribution in [3.05, 3.63) is 45.2 Å². The van der Waals surface area contributed by atoms with Gasteiger partial charge in [0.25, 0.3) is 5.91 Å². The Labute approximate surface area is 169 Å². The fourth-order valence-electron chi connectivity index (χ4n) is 2.23. The average molecular weight is 419 g/mol. The number of nitrogens with one attached hydrogen (secondary N) is 3. The molecule has 146 valence electrons. The zero-order valence-corrected chi connectivity index (χ0v) is 16.8. The van der Waals surface area contributed by atoms with Gasteiger partial charge in [0, 0.05) is 24.1 Å². The highest BCUT2D eigenvalue weighted by Gasteiger charge is 2.14. The molecule has 0 saturated heterocycles. The molecular formula is C18H18N4O4S2. The Morgan fingerprint density at radius 3 is 2.54 bits per heavy atom. The lowest BCUT2D eigenvalue weighted by Crippen LogP contribution is -2.18. The lowest BCUT2D eigenvalue weighted by molar-refractivity contribution is -0.120. The fourth-order valence-corrected chi connectivity index (χ4v) is 3.77. The Hall–Kier alpha value is -2.98. The number of carbonyl (C=O) groups is 3. The van der Waals surface area contributed by atoms with E-state index < -0.39 is 0 Å². The molecule has 3 heterocycles. The summed E-state index contributed by atoms with van der Waals surface area (Å²) in [6, 6.07) is 7.06. The van der Waals surface area contributed by atoms with Crippen molar-refractivity contribution < 1.29 is 18.8 Å². The number of anilines is 1. The first-order valence-corrected chi connectivity index (χ1v) is 10.0. The number of rotatable bonds is 7. The minimum absolute atomic E-state index is 0.118. The van der Waals surface area contributed by atoms with Crippen LogP contribution in [0.15, 0.2) is 34.1 Å². The average Bonchev–Trinajstić information content (AvgIpc) is 3.38. The lowest BCUT2D eigenvalue weighted by Gasteiger charge is -1.99. The molecule has 0 radical (unpaired) electrons. The first kappa shape index (κ1) is 19.8. The fraction of sp³-hybridized carbons (Fsp3) is 0.222. The molecule has 0 aromatic carbocycles. The maximum Gasteiger partial charge on any atom is 0.267 e. The first-order chi connectivity index (χ1) is 13.4. The third kappa shape index (κ3) is 5.27. The number of hydrogen-bond acceptors (Lipinski definition) is 7. The van der Waals surface area contributed by atoms with Crippen LogP contribution in [0.4, 0.5) is 5.13 Å². The maximum absolute atomic E-state index is 12.4. The third-order valence-electron chi connectivity index (χ3n) is 3.55. The molecule has 3 aromatic heterocycles. The molecule has 0 unspecified atom stereocenters. The van der Waals surface area contributed by atoms with Crippen LogP contribution < -0.4 is 16.0 Å². The molecule has 0 aliphatic carbocycles. The van der Waals surface area contributed by atoms with Gasteiger partial charge in [0.2, 0.25) is 11.8 Å². The molecule has 3 aromatic rings. The molecule has 8 nitrogen and oxygen atoms in total. The number of nitrogens with zero attached hydrogens (tertiary/aromatic N) is 1. The largest absolute Gasteiger partial charge is 0.458 e. The second kappa shape index (κ2) is 8.81. The van der Waals surface area contributed by atoms with Gasteiger partial charge in [0.05, 0.1) is 18.0 Å². The summed E-state index contributed by atoms with van der Waals surface area (Å²) in [6.07, 6.45) is 0. The third-order valence-corrected chi connectivity index (χ3v) is 5.39. The highest BCUT2D eigenvalue weighted by molar-refractivity contribution is 7.15. The Kier molecular flexibility index (Phi) is 6.22. The highest BCUT2D eigenvalue weighted by Crippen LogP contribution is 2.27. The number of thiophene rings is 1. The molecule has 3 N–H and O–H groups in total. The second-order valence-electron chi connectivity index (χ2n) is 5.84. The summed E-state index contributed by atoms with van der Waals surface area (Å²) >= 11 is 2.60. The van der Waals surface area contributed by atoms with E-state index in [9.17, 15) is 14.4 Å². The molecule has 0 fully saturated rings. The van der Waals surface area contributed by atoms with Crippen molar-refractivity contribution in [3.8, 4) is 11.5 Å². The standard InChI is InChI=1S/C18H18N4O4S2/c1-10(23)19-7-12-3-5-15(26-12)14-9-27-18(21-14)22-17(25)16-6-4-13(28-16)8-20-11(2)24/h3-6,9H,7-8H2,1-2H3,(H,19,23)(H,20,24)(H,21,22,25). The van der Waals surface area contributed by atoms with Crippen molar-refractivity contribution in [1.82, 2.24) is 15.6 Å². The summed E-state index contributed by atoms with van der Waals surface area (Å²) in [6.45, 7) is 3.59. The van der Waals surface area contributed by atoms with E-state index in [0.717, 1.165) is 4.88 Å². The van der Waals surface area contributed by atoms with Crippen molar-refractivity contribution in [2.24, 2.45) is 0 Å². The van der Waals surface area contributed by atoms with E-state index in [-0.39, 0.29) is 17.7 Å². The normalized spacial score (nSPS) is 10.5. The predicted octanol–water partition coefficient (Wildman–Crippen LogP) is 2.99. The van der Waals surface area contributed by atoms with Gasteiger partial charge >= 0.3 is 0 Å². The van der Waals surface area contributed by atoms with Gasteiger partial charge in [-0.25, -0.2) is 4.98 Å². The van der Waals surface area contributed by atoms with Crippen molar-refractivity contribution in [1.29, 1.82) is 0 Å². The van der Waals surface area contributed by atoms with Gasteiger partial charge < -0.3 is 15.1 Å². The van der Waals surface area contributed by atoms with E-state index in [1.807, 2.05) is 6.07 Å². The first-order valence-electron chi connectivity index (χ1n) is 8.34. The Morgan fingerprint density at radius 2 is 1.79 bits per heavy atom. The van der Waals surface area contributed by atoms with Gasteiger partial charge in [-0.15, -0.1) is 22.7 Å². The number of carbonyl (C=O) groups excluding carboxylic acids is 3. The summed E-state index contributed by atoms with van der Waals surface area (Å²) < 4.78 is 5.66. The monoisotopic (exact) mass is 418 g/mol. The number of thiazole rings is 1. The van der Waals surface area contributed by atoms with E-state index in [0.29, 0.717) is 40.3 Å². The summed E-state index contributed by atoms with van der Waals surface area (Å²) in [7, 11) is 0. The highest BCUT2D eigenvalue weighted by atomic mass is 32.1. The molecule has 0 atom stereocenters. The van der Waals surface area contributed by atoms with Crippen molar-refractivity contribution in [2.75, 3.05) is 5.32 Å². The minimum atomic E-state index is -0.259. The van der Waals surface area contributed by atoms with Crippen LogP contribution in [0.25, 0.3) is 11.5 Å². The SMILES string of the molecule is CC(=O)NCc1ccc(-c2csc(NC(=O)c3ccc(CNC(C)=O)s3)n2)o1. The zero-order chi connectivity index (χ0) is 20.1. The Bertz CT molecular complexity index is 1000. The van der Waals surface area contributed by atoms with E-state index in [4.69, 9.17) is 4.42 Å². The van der Waals surface area contributed by atoms with Crippen LogP contribution in [0.3, 0.4) is 0 Å². The van der Waals surface area contributed by atoms with Crippen LogP contribution in [-0.2, 0) is 22.7 Å². The number of hydrogen-bond donors (Lipinski definition) is 3. The molecule has 0 aliphatic rings.